The molecule has 0 unspecified atom stereocenters. The minimum atomic E-state index is -0.401. The topological polar surface area (TPSA) is 80.6 Å². The zero-order valence-corrected chi connectivity index (χ0v) is 12.8. The highest BCUT2D eigenvalue weighted by Gasteiger charge is 2.12. The highest BCUT2D eigenvalue weighted by molar-refractivity contribution is 9.10. The number of oxime groups is 1. The van der Waals surface area contributed by atoms with Crippen molar-refractivity contribution in [1.82, 2.24) is 4.57 Å². The second kappa shape index (κ2) is 6.09. The second-order valence-corrected chi connectivity index (χ2v) is 5.35. The first-order valence-electron chi connectivity index (χ1n) is 6.06. The van der Waals surface area contributed by atoms with Gasteiger partial charge in [0.2, 0.25) is 0 Å². The molecule has 2 aromatic rings. The normalized spacial score (nSPS) is 11.7. The Morgan fingerprint density at radius 1 is 1.43 bits per heavy atom. The predicted molar refractivity (Wildman–Crippen MR) is 81.2 cm³/mol. The summed E-state index contributed by atoms with van der Waals surface area (Å²) in [6.07, 6.45) is 0. The van der Waals surface area contributed by atoms with E-state index >= 15 is 0 Å². The van der Waals surface area contributed by atoms with Crippen LogP contribution in [0, 0.1) is 12.7 Å². The third kappa shape index (κ3) is 3.13. The van der Waals surface area contributed by atoms with Gasteiger partial charge in [-0.25, -0.2) is 4.39 Å². The van der Waals surface area contributed by atoms with Crippen LogP contribution in [-0.2, 0) is 6.54 Å². The maximum Gasteiger partial charge on any atom is 0.262 e. The van der Waals surface area contributed by atoms with Gasteiger partial charge in [-0.2, -0.15) is 0 Å². The van der Waals surface area contributed by atoms with Crippen molar-refractivity contribution in [3.63, 3.8) is 0 Å². The molecular formula is C14H13BrFN3O2. The van der Waals surface area contributed by atoms with Crippen molar-refractivity contribution in [3.05, 3.63) is 67.8 Å². The fourth-order valence-corrected chi connectivity index (χ4v) is 2.32. The number of rotatable bonds is 3. The van der Waals surface area contributed by atoms with E-state index in [2.05, 4.69) is 21.1 Å². The Morgan fingerprint density at radius 3 is 2.81 bits per heavy atom. The van der Waals surface area contributed by atoms with E-state index in [9.17, 15) is 9.18 Å². The number of benzene rings is 1. The van der Waals surface area contributed by atoms with Gasteiger partial charge in [0, 0.05) is 10.2 Å². The first kappa shape index (κ1) is 15.2. The Kier molecular flexibility index (Phi) is 4.42. The molecule has 0 fully saturated rings. The number of nitrogens with zero attached hydrogens (tertiary/aromatic N) is 2. The van der Waals surface area contributed by atoms with Gasteiger partial charge in [0.15, 0.2) is 5.84 Å². The van der Waals surface area contributed by atoms with E-state index in [-0.39, 0.29) is 23.8 Å². The van der Waals surface area contributed by atoms with Crippen LogP contribution in [0.2, 0.25) is 0 Å². The maximum atomic E-state index is 13.3. The molecule has 0 saturated carbocycles. The van der Waals surface area contributed by atoms with Gasteiger partial charge in [0.1, 0.15) is 5.82 Å². The van der Waals surface area contributed by atoms with Crippen LogP contribution in [0.4, 0.5) is 4.39 Å². The van der Waals surface area contributed by atoms with Crippen molar-refractivity contribution in [2.45, 2.75) is 13.5 Å². The van der Waals surface area contributed by atoms with Crippen LogP contribution >= 0.6 is 15.9 Å². The lowest BCUT2D eigenvalue weighted by atomic mass is 10.2. The van der Waals surface area contributed by atoms with Gasteiger partial charge in [-0.05, 0) is 42.8 Å². The van der Waals surface area contributed by atoms with Crippen molar-refractivity contribution >= 4 is 21.8 Å². The second-order valence-electron chi connectivity index (χ2n) is 4.50. The lowest BCUT2D eigenvalue weighted by molar-refractivity contribution is 0.318. The summed E-state index contributed by atoms with van der Waals surface area (Å²) in [5.74, 6) is -0.640. The van der Waals surface area contributed by atoms with Crippen LogP contribution in [0.5, 0.6) is 0 Å². The quantitative estimate of drug-likeness (QED) is 0.384. The Bertz CT molecular complexity index is 771. The molecule has 21 heavy (non-hydrogen) atoms. The van der Waals surface area contributed by atoms with E-state index in [4.69, 9.17) is 10.9 Å². The molecule has 0 amide bonds. The minimum absolute atomic E-state index is 0.0932. The predicted octanol–water partition coefficient (Wildman–Crippen LogP) is 2.20. The summed E-state index contributed by atoms with van der Waals surface area (Å²) >= 11 is 3.33. The first-order valence-corrected chi connectivity index (χ1v) is 6.85. The third-order valence-electron chi connectivity index (χ3n) is 3.11. The summed E-state index contributed by atoms with van der Waals surface area (Å²) < 4.78 is 15.5. The Morgan fingerprint density at radius 2 is 2.14 bits per heavy atom. The number of hydrogen-bond donors (Lipinski definition) is 2. The van der Waals surface area contributed by atoms with Crippen molar-refractivity contribution in [1.29, 1.82) is 0 Å². The number of pyridine rings is 1. The van der Waals surface area contributed by atoms with Crippen LogP contribution < -0.4 is 11.3 Å². The van der Waals surface area contributed by atoms with Gasteiger partial charge >= 0.3 is 0 Å². The molecule has 7 heteroatoms. The first-order chi connectivity index (χ1) is 9.93. The van der Waals surface area contributed by atoms with Crippen LogP contribution in [0.3, 0.4) is 0 Å². The Balaban J connectivity index is 2.54. The fraction of sp³-hybridized carbons (Fsp3) is 0.143. The lowest BCUT2D eigenvalue weighted by Crippen LogP contribution is -2.31. The van der Waals surface area contributed by atoms with E-state index in [1.165, 1.54) is 22.8 Å². The standard InChI is InChI=1S/C14H13BrFN3O2/c1-8-2-4-11(13(17)18-21)14(20)19(8)7-9-6-10(16)3-5-12(9)15/h2-6,21H,7H2,1H3,(H2,17,18). The molecule has 0 spiro atoms. The molecule has 1 aromatic heterocycles. The molecule has 2 rings (SSSR count). The highest BCUT2D eigenvalue weighted by Crippen LogP contribution is 2.19. The number of hydrogen-bond acceptors (Lipinski definition) is 3. The Labute approximate surface area is 128 Å². The van der Waals surface area contributed by atoms with Gasteiger partial charge in [-0.1, -0.05) is 21.1 Å². The van der Waals surface area contributed by atoms with Crippen LogP contribution in [0.25, 0.3) is 0 Å². The largest absolute Gasteiger partial charge is 0.409 e. The van der Waals surface area contributed by atoms with Crippen molar-refractivity contribution in [3.8, 4) is 0 Å². The monoisotopic (exact) mass is 353 g/mol. The molecule has 0 atom stereocenters. The molecule has 0 aliphatic rings. The fourth-order valence-electron chi connectivity index (χ4n) is 1.95. The molecule has 1 heterocycles. The zero-order chi connectivity index (χ0) is 15.6. The molecule has 0 bridgehead atoms. The summed E-state index contributed by atoms with van der Waals surface area (Å²) in [5.41, 5.74) is 6.48. The van der Waals surface area contributed by atoms with Gasteiger partial charge in [-0.15, -0.1) is 0 Å². The number of aromatic nitrogens is 1. The molecular weight excluding hydrogens is 341 g/mol. The molecule has 3 N–H and O–H groups in total. The van der Waals surface area contributed by atoms with Crippen molar-refractivity contribution in [2.75, 3.05) is 0 Å². The van der Waals surface area contributed by atoms with E-state index in [1.807, 2.05) is 0 Å². The van der Waals surface area contributed by atoms with Crippen LogP contribution in [-0.4, -0.2) is 15.6 Å². The van der Waals surface area contributed by atoms with Gasteiger partial charge in [-0.3, -0.25) is 4.79 Å². The maximum absolute atomic E-state index is 13.3. The highest BCUT2D eigenvalue weighted by atomic mass is 79.9. The minimum Gasteiger partial charge on any atom is -0.409 e. The van der Waals surface area contributed by atoms with Gasteiger partial charge in [0.05, 0.1) is 12.1 Å². The molecule has 0 saturated heterocycles. The molecule has 5 nitrogen and oxygen atoms in total. The third-order valence-corrected chi connectivity index (χ3v) is 3.89. The number of aryl methyl sites for hydroxylation is 1. The summed E-state index contributed by atoms with van der Waals surface area (Å²) in [5, 5.41) is 11.5. The van der Waals surface area contributed by atoms with Crippen LogP contribution in [0.15, 0.2) is 44.8 Å². The number of halogens is 2. The lowest BCUT2D eigenvalue weighted by Gasteiger charge is -2.13. The van der Waals surface area contributed by atoms with Crippen molar-refractivity contribution < 1.29 is 9.60 Å². The van der Waals surface area contributed by atoms with E-state index in [0.29, 0.717) is 15.7 Å². The SMILES string of the molecule is Cc1ccc(/C(N)=N/O)c(=O)n1Cc1cc(F)ccc1Br. The number of nitrogens with two attached hydrogens (primary N) is 1. The average molecular weight is 354 g/mol. The molecule has 1 aromatic carbocycles. The smallest absolute Gasteiger partial charge is 0.262 e. The summed E-state index contributed by atoms with van der Waals surface area (Å²) in [6, 6.07) is 7.44. The van der Waals surface area contributed by atoms with E-state index in [1.54, 1.807) is 19.1 Å². The molecule has 0 aliphatic heterocycles. The Hall–Kier alpha value is -2.15. The summed E-state index contributed by atoms with van der Waals surface area (Å²) in [4.78, 5) is 12.4. The average Bonchev–Trinajstić information content (AvgIpc) is 2.46. The van der Waals surface area contributed by atoms with E-state index < -0.39 is 5.56 Å². The summed E-state index contributed by atoms with van der Waals surface area (Å²) in [6.45, 7) is 1.93. The molecule has 110 valence electrons. The van der Waals surface area contributed by atoms with Crippen molar-refractivity contribution in [2.24, 2.45) is 10.9 Å². The summed E-state index contributed by atoms with van der Waals surface area (Å²) in [7, 11) is 0. The van der Waals surface area contributed by atoms with E-state index in [0.717, 1.165) is 0 Å². The number of amidine groups is 1. The molecule has 0 aliphatic carbocycles. The molecule has 0 radical (unpaired) electrons. The van der Waals surface area contributed by atoms with Gasteiger partial charge < -0.3 is 15.5 Å². The zero-order valence-electron chi connectivity index (χ0n) is 11.2. The van der Waals surface area contributed by atoms with Crippen LogP contribution in [0.1, 0.15) is 16.8 Å². The van der Waals surface area contributed by atoms with Gasteiger partial charge in [0.25, 0.3) is 5.56 Å².